The molecule has 0 fully saturated rings. The van der Waals surface area contributed by atoms with E-state index in [-0.39, 0.29) is 5.56 Å². The number of fused-ring (bicyclic) bond motifs is 1. The predicted octanol–water partition coefficient (Wildman–Crippen LogP) is 2.36. The van der Waals surface area contributed by atoms with Gasteiger partial charge >= 0.3 is 0 Å². The Bertz CT molecular complexity index is 1000. The van der Waals surface area contributed by atoms with Crippen molar-refractivity contribution in [3.05, 3.63) is 81.6 Å². The highest BCUT2D eigenvalue weighted by Crippen LogP contribution is 2.15. The van der Waals surface area contributed by atoms with E-state index in [2.05, 4.69) is 5.32 Å². The minimum atomic E-state index is -0.626. The van der Waals surface area contributed by atoms with Gasteiger partial charge in [-0.2, -0.15) is 0 Å². The van der Waals surface area contributed by atoms with Gasteiger partial charge in [-0.05, 0) is 36.6 Å². The van der Waals surface area contributed by atoms with E-state index in [4.69, 9.17) is 0 Å². The molecule has 0 unspecified atom stereocenters. The number of aromatic nitrogens is 1. The Morgan fingerprint density at radius 1 is 1.00 bits per heavy atom. The maximum absolute atomic E-state index is 12.9. The summed E-state index contributed by atoms with van der Waals surface area (Å²) in [5.41, 5.74) is 1.20. The average Bonchev–Trinajstić information content (AvgIpc) is 2.60. The van der Waals surface area contributed by atoms with E-state index in [9.17, 15) is 14.4 Å². The number of pyridine rings is 1. The van der Waals surface area contributed by atoms with Gasteiger partial charge in [0.1, 0.15) is 5.56 Å². The third kappa shape index (κ3) is 2.60. The van der Waals surface area contributed by atoms with Gasteiger partial charge in [0, 0.05) is 12.6 Å². The topological polar surface area (TPSA) is 68.2 Å². The number of para-hydroxylation sites is 1. The zero-order valence-corrected chi connectivity index (χ0v) is 13.4. The highest BCUT2D eigenvalue weighted by Gasteiger charge is 2.19. The smallest absolute Gasteiger partial charge is 0.270 e. The highest BCUT2D eigenvalue weighted by atomic mass is 16.2. The van der Waals surface area contributed by atoms with Crippen molar-refractivity contribution in [1.82, 2.24) is 9.88 Å². The number of carbonyl (C=O) groups is 2. The fourth-order valence-corrected chi connectivity index (χ4v) is 2.58. The maximum atomic E-state index is 12.9. The molecule has 1 heterocycles. The van der Waals surface area contributed by atoms with Crippen LogP contribution < -0.4 is 10.9 Å². The molecule has 1 aromatic heterocycles. The van der Waals surface area contributed by atoms with Gasteiger partial charge in [-0.25, -0.2) is 4.57 Å². The van der Waals surface area contributed by atoms with E-state index < -0.39 is 17.4 Å². The van der Waals surface area contributed by atoms with Crippen LogP contribution in [0.3, 0.4) is 0 Å². The molecule has 5 heteroatoms. The molecule has 1 amide bonds. The largest absolute Gasteiger partial charge is 0.355 e. The number of nitrogens with one attached hydrogen (secondary N) is 1. The third-order valence-corrected chi connectivity index (χ3v) is 3.88. The second-order valence-corrected chi connectivity index (χ2v) is 5.51. The fourth-order valence-electron chi connectivity index (χ4n) is 2.58. The summed E-state index contributed by atoms with van der Waals surface area (Å²) in [4.78, 5) is 37.6. The number of hydrogen-bond acceptors (Lipinski definition) is 3. The predicted molar refractivity (Wildman–Crippen MR) is 92.5 cm³/mol. The van der Waals surface area contributed by atoms with Crippen LogP contribution in [0.2, 0.25) is 0 Å². The second kappa shape index (κ2) is 6.12. The van der Waals surface area contributed by atoms with E-state index in [0.29, 0.717) is 16.5 Å². The maximum Gasteiger partial charge on any atom is 0.270 e. The molecule has 0 radical (unpaired) electrons. The van der Waals surface area contributed by atoms with Crippen molar-refractivity contribution < 1.29 is 9.59 Å². The minimum absolute atomic E-state index is 0.0586. The Morgan fingerprint density at radius 3 is 2.33 bits per heavy atom. The van der Waals surface area contributed by atoms with Gasteiger partial charge in [-0.3, -0.25) is 14.4 Å². The van der Waals surface area contributed by atoms with Crippen LogP contribution in [-0.4, -0.2) is 23.4 Å². The fraction of sp³-hybridized carbons (Fsp3) is 0.105. The van der Waals surface area contributed by atoms with E-state index in [0.717, 1.165) is 10.1 Å². The summed E-state index contributed by atoms with van der Waals surface area (Å²) in [5.74, 6) is -0.974. The lowest BCUT2D eigenvalue weighted by Gasteiger charge is -2.11. The first kappa shape index (κ1) is 15.7. The molecule has 0 aliphatic carbocycles. The van der Waals surface area contributed by atoms with Crippen molar-refractivity contribution in [2.75, 3.05) is 7.05 Å². The van der Waals surface area contributed by atoms with Crippen molar-refractivity contribution >= 4 is 22.7 Å². The van der Waals surface area contributed by atoms with E-state index >= 15 is 0 Å². The average molecular weight is 320 g/mol. The van der Waals surface area contributed by atoms with Crippen LogP contribution in [0.5, 0.6) is 0 Å². The van der Waals surface area contributed by atoms with Crippen LogP contribution in [0.1, 0.15) is 26.3 Å². The van der Waals surface area contributed by atoms with Gasteiger partial charge in [0.2, 0.25) is 0 Å². The first-order valence-corrected chi connectivity index (χ1v) is 7.51. The molecule has 2 aromatic carbocycles. The summed E-state index contributed by atoms with van der Waals surface area (Å²) in [5, 5.41) is 3.09. The number of rotatable bonds is 2. The first-order chi connectivity index (χ1) is 11.5. The zero-order valence-electron chi connectivity index (χ0n) is 13.4. The van der Waals surface area contributed by atoms with Crippen LogP contribution in [0, 0.1) is 6.92 Å². The SMILES string of the molecule is CNC(=O)c1cc2ccccc2n(C(=O)c2ccc(C)cc2)c1=O. The summed E-state index contributed by atoms with van der Waals surface area (Å²) in [6, 6.07) is 15.5. The molecule has 1 N–H and O–H groups in total. The number of carbonyl (C=O) groups excluding carboxylic acids is 2. The summed E-state index contributed by atoms with van der Waals surface area (Å²) in [6.45, 7) is 1.92. The third-order valence-electron chi connectivity index (χ3n) is 3.88. The molecule has 0 aliphatic heterocycles. The Hall–Kier alpha value is -3.21. The number of benzene rings is 2. The van der Waals surface area contributed by atoms with Crippen molar-refractivity contribution in [3.8, 4) is 0 Å². The van der Waals surface area contributed by atoms with Gasteiger partial charge in [0.25, 0.3) is 17.4 Å². The first-order valence-electron chi connectivity index (χ1n) is 7.51. The summed E-state index contributed by atoms with van der Waals surface area (Å²) in [7, 11) is 1.45. The van der Waals surface area contributed by atoms with Crippen LogP contribution in [-0.2, 0) is 0 Å². The number of amides is 1. The summed E-state index contributed by atoms with van der Waals surface area (Å²) < 4.78 is 1.06. The Balaban J connectivity index is 2.31. The second-order valence-electron chi connectivity index (χ2n) is 5.51. The molecule has 0 aliphatic rings. The molecule has 0 saturated heterocycles. The molecular weight excluding hydrogens is 304 g/mol. The van der Waals surface area contributed by atoms with Gasteiger partial charge < -0.3 is 5.32 Å². The highest BCUT2D eigenvalue weighted by molar-refractivity contribution is 6.04. The molecule has 0 spiro atoms. The van der Waals surface area contributed by atoms with Gasteiger partial charge in [0.15, 0.2) is 0 Å². The lowest BCUT2D eigenvalue weighted by atomic mass is 10.1. The summed E-state index contributed by atoms with van der Waals surface area (Å²) >= 11 is 0. The zero-order chi connectivity index (χ0) is 17.3. The van der Waals surface area contributed by atoms with Crippen molar-refractivity contribution in [2.45, 2.75) is 6.92 Å². The Morgan fingerprint density at radius 2 is 1.67 bits per heavy atom. The van der Waals surface area contributed by atoms with Crippen LogP contribution in [0.15, 0.2) is 59.4 Å². The normalized spacial score (nSPS) is 10.6. The van der Waals surface area contributed by atoms with E-state index in [1.165, 1.54) is 13.1 Å². The molecule has 3 aromatic rings. The van der Waals surface area contributed by atoms with Crippen LogP contribution in [0.25, 0.3) is 10.9 Å². The Kier molecular flexibility index (Phi) is 4.00. The number of aryl methyl sites for hydroxylation is 1. The molecule has 5 nitrogen and oxygen atoms in total. The van der Waals surface area contributed by atoms with Gasteiger partial charge in [0.05, 0.1) is 5.52 Å². The number of nitrogens with zero attached hydrogens (tertiary/aromatic N) is 1. The molecule has 120 valence electrons. The quantitative estimate of drug-likeness (QED) is 0.788. The number of hydrogen-bond donors (Lipinski definition) is 1. The van der Waals surface area contributed by atoms with E-state index in [1.54, 1.807) is 36.4 Å². The van der Waals surface area contributed by atoms with Crippen molar-refractivity contribution in [1.29, 1.82) is 0 Å². The van der Waals surface area contributed by atoms with E-state index in [1.807, 2.05) is 19.1 Å². The summed E-state index contributed by atoms with van der Waals surface area (Å²) in [6.07, 6.45) is 0. The minimum Gasteiger partial charge on any atom is -0.355 e. The monoisotopic (exact) mass is 320 g/mol. The lowest BCUT2D eigenvalue weighted by molar-refractivity contribution is 0.0955. The van der Waals surface area contributed by atoms with Crippen LogP contribution >= 0.6 is 0 Å². The van der Waals surface area contributed by atoms with Crippen molar-refractivity contribution in [3.63, 3.8) is 0 Å². The molecule has 0 atom stereocenters. The van der Waals surface area contributed by atoms with Gasteiger partial charge in [-0.1, -0.05) is 35.9 Å². The van der Waals surface area contributed by atoms with Gasteiger partial charge in [-0.15, -0.1) is 0 Å². The molecular formula is C19H16N2O3. The lowest BCUT2D eigenvalue weighted by Crippen LogP contribution is -2.34. The Labute approximate surface area is 138 Å². The molecule has 3 rings (SSSR count). The van der Waals surface area contributed by atoms with Crippen LogP contribution in [0.4, 0.5) is 0 Å². The standard InChI is InChI=1S/C19H16N2O3/c1-12-7-9-13(10-8-12)18(23)21-16-6-4-3-5-14(16)11-15(19(21)24)17(22)20-2/h3-11H,1-2H3,(H,20,22). The molecule has 0 bridgehead atoms. The van der Waals surface area contributed by atoms with Crippen molar-refractivity contribution in [2.24, 2.45) is 0 Å². The molecule has 24 heavy (non-hydrogen) atoms. The molecule has 0 saturated carbocycles.